The zero-order valence-corrected chi connectivity index (χ0v) is 14.9. The van der Waals surface area contributed by atoms with Gasteiger partial charge < -0.3 is 9.64 Å². The van der Waals surface area contributed by atoms with Gasteiger partial charge in [-0.15, -0.1) is 0 Å². The van der Waals surface area contributed by atoms with E-state index in [0.29, 0.717) is 24.0 Å². The van der Waals surface area contributed by atoms with E-state index in [1.807, 2.05) is 40.9 Å². The Hall–Kier alpha value is -1.69. The summed E-state index contributed by atoms with van der Waals surface area (Å²) in [6.45, 7) is 4.82. The summed E-state index contributed by atoms with van der Waals surface area (Å²) in [7, 11) is 0. The van der Waals surface area contributed by atoms with Crippen molar-refractivity contribution >= 4 is 29.4 Å². The van der Waals surface area contributed by atoms with Crippen LogP contribution in [-0.2, 0) is 4.74 Å². The molecule has 2 saturated heterocycles. The van der Waals surface area contributed by atoms with E-state index >= 15 is 0 Å². The van der Waals surface area contributed by atoms with Crippen LogP contribution in [-0.4, -0.2) is 54.1 Å². The Kier molecular flexibility index (Phi) is 5.66. The monoisotopic (exact) mass is 348 g/mol. The van der Waals surface area contributed by atoms with E-state index in [9.17, 15) is 9.59 Å². The third-order valence-corrected chi connectivity index (χ3v) is 5.69. The first-order valence-corrected chi connectivity index (χ1v) is 9.69. The van der Waals surface area contributed by atoms with Crippen LogP contribution in [0.15, 0.2) is 24.3 Å². The molecule has 24 heavy (non-hydrogen) atoms. The van der Waals surface area contributed by atoms with E-state index < -0.39 is 0 Å². The van der Waals surface area contributed by atoms with E-state index in [-0.39, 0.29) is 12.0 Å². The number of nitrogens with zero attached hydrogens (tertiary/aromatic N) is 2. The molecule has 2 fully saturated rings. The second-order valence-corrected chi connectivity index (χ2v) is 7.71. The van der Waals surface area contributed by atoms with Gasteiger partial charge in [-0.05, 0) is 42.9 Å². The summed E-state index contributed by atoms with van der Waals surface area (Å²) in [5, 5.41) is 0.542. The summed E-state index contributed by atoms with van der Waals surface area (Å²) in [6, 6.07) is 7.29. The molecule has 130 valence electrons. The molecule has 2 aliphatic heterocycles. The smallest absolute Gasteiger partial charge is 0.414 e. The lowest BCUT2D eigenvalue weighted by Gasteiger charge is -2.24. The van der Waals surface area contributed by atoms with Crippen LogP contribution in [0.25, 0.3) is 0 Å². The maximum absolute atomic E-state index is 12.8. The van der Waals surface area contributed by atoms with Gasteiger partial charge in [0.25, 0.3) is 5.91 Å². The molecule has 2 aliphatic rings. The number of likely N-dealkylation sites (tertiary alicyclic amines) is 1. The highest BCUT2D eigenvalue weighted by molar-refractivity contribution is 7.99. The minimum Gasteiger partial charge on any atom is -0.447 e. The number of benzene rings is 1. The fraction of sp³-hybridized carbons (Fsp3) is 0.556. The molecule has 2 amide bonds. The van der Waals surface area contributed by atoms with Crippen molar-refractivity contribution in [2.75, 3.05) is 36.9 Å². The highest BCUT2D eigenvalue weighted by Gasteiger charge is 2.25. The molecule has 0 aliphatic carbocycles. The van der Waals surface area contributed by atoms with Gasteiger partial charge in [0.2, 0.25) is 0 Å². The van der Waals surface area contributed by atoms with Gasteiger partial charge in [0.05, 0.1) is 6.54 Å². The van der Waals surface area contributed by atoms with Crippen LogP contribution >= 0.6 is 11.8 Å². The third kappa shape index (κ3) is 3.86. The molecule has 0 spiro atoms. The number of carbonyl (C=O) groups excluding carboxylic acids is 2. The standard InChI is InChI=1S/C18H24N2O3S/c1-2-24-16-5-3-4-10-19(13-16)17(21)14-6-8-15(9-7-14)20-11-12-23-18(20)22/h6-9,16H,2-5,10-13H2,1H3. The Morgan fingerprint density at radius 2 is 2.04 bits per heavy atom. The summed E-state index contributed by atoms with van der Waals surface area (Å²) in [5.74, 6) is 1.18. The normalized spacial score (nSPS) is 21.5. The minimum atomic E-state index is -0.318. The molecule has 0 saturated carbocycles. The molecule has 1 unspecified atom stereocenters. The number of anilines is 1. The van der Waals surface area contributed by atoms with Crippen molar-refractivity contribution in [3.63, 3.8) is 0 Å². The largest absolute Gasteiger partial charge is 0.447 e. The molecule has 3 rings (SSSR count). The van der Waals surface area contributed by atoms with Crippen LogP contribution in [0, 0.1) is 0 Å². The van der Waals surface area contributed by atoms with Crippen LogP contribution in [0.2, 0.25) is 0 Å². The number of hydrogen-bond donors (Lipinski definition) is 0. The zero-order chi connectivity index (χ0) is 16.9. The van der Waals surface area contributed by atoms with Crippen LogP contribution in [0.4, 0.5) is 10.5 Å². The first kappa shape index (κ1) is 17.1. The van der Waals surface area contributed by atoms with Crippen LogP contribution in [0.5, 0.6) is 0 Å². The number of amides is 2. The van der Waals surface area contributed by atoms with Crippen LogP contribution in [0.3, 0.4) is 0 Å². The van der Waals surface area contributed by atoms with E-state index in [2.05, 4.69) is 6.92 Å². The van der Waals surface area contributed by atoms with Gasteiger partial charge in [-0.3, -0.25) is 9.69 Å². The molecule has 0 radical (unpaired) electrons. The van der Waals surface area contributed by atoms with Gasteiger partial charge in [-0.25, -0.2) is 4.79 Å². The van der Waals surface area contributed by atoms with Crippen molar-refractivity contribution in [2.24, 2.45) is 0 Å². The number of rotatable bonds is 4. The molecular weight excluding hydrogens is 324 g/mol. The van der Waals surface area contributed by atoms with Crippen molar-refractivity contribution in [3.8, 4) is 0 Å². The van der Waals surface area contributed by atoms with E-state index in [1.54, 1.807) is 4.90 Å². The Labute approximate surface area is 147 Å². The summed E-state index contributed by atoms with van der Waals surface area (Å²) >= 11 is 1.95. The number of carbonyl (C=O) groups is 2. The first-order chi connectivity index (χ1) is 11.7. The molecule has 0 aromatic heterocycles. The molecular formula is C18H24N2O3S. The van der Waals surface area contributed by atoms with Crippen molar-refractivity contribution in [1.82, 2.24) is 4.90 Å². The number of ether oxygens (including phenoxy) is 1. The Morgan fingerprint density at radius 3 is 2.71 bits per heavy atom. The SMILES string of the molecule is CCSC1CCCCN(C(=O)c2ccc(N3CCOC3=O)cc2)C1. The fourth-order valence-electron chi connectivity index (χ4n) is 3.25. The van der Waals surface area contributed by atoms with Crippen molar-refractivity contribution in [1.29, 1.82) is 0 Å². The predicted octanol–water partition coefficient (Wildman–Crippen LogP) is 3.39. The maximum atomic E-state index is 12.8. The quantitative estimate of drug-likeness (QED) is 0.837. The number of thioether (sulfide) groups is 1. The summed E-state index contributed by atoms with van der Waals surface area (Å²) in [6.07, 6.45) is 3.14. The average Bonchev–Trinajstić information content (AvgIpc) is 2.89. The lowest BCUT2D eigenvalue weighted by Crippen LogP contribution is -2.35. The van der Waals surface area contributed by atoms with Crippen LogP contribution < -0.4 is 4.90 Å². The molecule has 2 heterocycles. The minimum absolute atomic E-state index is 0.0918. The van der Waals surface area contributed by atoms with Gasteiger partial charge in [0, 0.05) is 29.6 Å². The van der Waals surface area contributed by atoms with Gasteiger partial charge in [0.1, 0.15) is 6.61 Å². The number of cyclic esters (lactones) is 1. The molecule has 0 bridgehead atoms. The summed E-state index contributed by atoms with van der Waals surface area (Å²) in [4.78, 5) is 28.0. The second-order valence-electron chi connectivity index (χ2n) is 6.14. The molecule has 1 aromatic rings. The molecule has 6 heteroatoms. The maximum Gasteiger partial charge on any atom is 0.414 e. The zero-order valence-electron chi connectivity index (χ0n) is 14.1. The Bertz CT molecular complexity index is 590. The van der Waals surface area contributed by atoms with Gasteiger partial charge in [0.15, 0.2) is 0 Å². The summed E-state index contributed by atoms with van der Waals surface area (Å²) < 4.78 is 4.95. The van der Waals surface area contributed by atoms with E-state index in [4.69, 9.17) is 4.74 Å². The number of hydrogen-bond acceptors (Lipinski definition) is 4. The highest BCUT2D eigenvalue weighted by atomic mass is 32.2. The fourth-order valence-corrected chi connectivity index (χ4v) is 4.34. The predicted molar refractivity (Wildman–Crippen MR) is 96.8 cm³/mol. The first-order valence-electron chi connectivity index (χ1n) is 8.64. The van der Waals surface area contributed by atoms with Crippen molar-refractivity contribution in [3.05, 3.63) is 29.8 Å². The summed E-state index contributed by atoms with van der Waals surface area (Å²) in [5.41, 5.74) is 1.47. The van der Waals surface area contributed by atoms with Crippen molar-refractivity contribution in [2.45, 2.75) is 31.4 Å². The second kappa shape index (κ2) is 7.92. The van der Waals surface area contributed by atoms with E-state index in [0.717, 1.165) is 31.0 Å². The third-order valence-electron chi connectivity index (χ3n) is 4.50. The van der Waals surface area contributed by atoms with E-state index in [1.165, 1.54) is 12.8 Å². The molecule has 0 N–H and O–H groups in total. The van der Waals surface area contributed by atoms with Crippen LogP contribution in [0.1, 0.15) is 36.5 Å². The van der Waals surface area contributed by atoms with Gasteiger partial charge in [-0.2, -0.15) is 11.8 Å². The molecule has 1 atom stereocenters. The van der Waals surface area contributed by atoms with Gasteiger partial charge in [-0.1, -0.05) is 13.3 Å². The topological polar surface area (TPSA) is 49.9 Å². The Morgan fingerprint density at radius 1 is 1.25 bits per heavy atom. The molecule has 5 nitrogen and oxygen atoms in total. The molecule has 1 aromatic carbocycles. The lowest BCUT2D eigenvalue weighted by molar-refractivity contribution is 0.0763. The highest BCUT2D eigenvalue weighted by Crippen LogP contribution is 2.24. The average molecular weight is 348 g/mol. The lowest BCUT2D eigenvalue weighted by atomic mass is 10.1. The van der Waals surface area contributed by atoms with Crippen molar-refractivity contribution < 1.29 is 14.3 Å². The Balaban J connectivity index is 1.68. The van der Waals surface area contributed by atoms with Gasteiger partial charge >= 0.3 is 6.09 Å².